The van der Waals surface area contributed by atoms with E-state index >= 15 is 0 Å². The van der Waals surface area contributed by atoms with Gasteiger partial charge in [-0.1, -0.05) is 12.2 Å². The monoisotopic (exact) mass is 158 g/mol. The average molecular weight is 158 g/mol. The zero-order valence-electron chi connectivity index (χ0n) is 6.99. The largest absolute Gasteiger partial charge is 0.264 e. The van der Waals surface area contributed by atoms with Gasteiger partial charge in [-0.25, -0.2) is 0 Å². The van der Waals surface area contributed by atoms with Crippen LogP contribution in [0.5, 0.6) is 0 Å². The van der Waals surface area contributed by atoms with Crippen LogP contribution in [-0.2, 0) is 0 Å². The molecule has 0 N–H and O–H groups in total. The van der Waals surface area contributed by atoms with Gasteiger partial charge in [-0.15, -0.1) is 0 Å². The number of aryl methyl sites for hydroxylation is 1. The third-order valence-electron chi connectivity index (χ3n) is 1.59. The number of pyridine rings is 1. The van der Waals surface area contributed by atoms with Gasteiger partial charge < -0.3 is 0 Å². The first-order chi connectivity index (χ1) is 5.84. The van der Waals surface area contributed by atoms with Crippen LogP contribution in [0.2, 0.25) is 0 Å². The van der Waals surface area contributed by atoms with E-state index in [-0.39, 0.29) is 0 Å². The van der Waals surface area contributed by atoms with Crippen LogP contribution in [0.1, 0.15) is 17.5 Å². The molecule has 0 saturated heterocycles. The van der Waals surface area contributed by atoms with Crippen molar-refractivity contribution in [1.29, 1.82) is 5.26 Å². The van der Waals surface area contributed by atoms with Crippen LogP contribution in [0.4, 0.5) is 0 Å². The molecule has 0 aliphatic rings. The summed E-state index contributed by atoms with van der Waals surface area (Å²) in [6.07, 6.45) is 7.77. The van der Waals surface area contributed by atoms with Gasteiger partial charge in [0.2, 0.25) is 0 Å². The molecule has 1 aromatic heterocycles. The number of nitrogens with zero attached hydrogens (tertiary/aromatic N) is 2. The Labute approximate surface area is 72.2 Å². The molecular weight excluding hydrogens is 148 g/mol. The Morgan fingerprint density at radius 3 is 3.17 bits per heavy atom. The molecule has 1 aromatic rings. The molecule has 0 aromatic carbocycles. The first-order valence-electron chi connectivity index (χ1n) is 3.78. The number of allylic oxidation sites excluding steroid dienone is 1. The van der Waals surface area contributed by atoms with E-state index in [1.165, 1.54) is 5.56 Å². The second kappa shape index (κ2) is 4.30. The van der Waals surface area contributed by atoms with E-state index in [9.17, 15) is 0 Å². The van der Waals surface area contributed by atoms with Crippen molar-refractivity contribution in [3.05, 3.63) is 35.7 Å². The molecule has 2 nitrogen and oxygen atoms in total. The molecule has 0 aliphatic heterocycles. The van der Waals surface area contributed by atoms with Crippen LogP contribution in [0.3, 0.4) is 0 Å². The Hall–Kier alpha value is -1.62. The zero-order valence-corrected chi connectivity index (χ0v) is 6.99. The summed E-state index contributed by atoms with van der Waals surface area (Å²) in [5.41, 5.74) is 2.26. The van der Waals surface area contributed by atoms with Gasteiger partial charge in [-0.05, 0) is 24.1 Å². The van der Waals surface area contributed by atoms with Crippen molar-refractivity contribution in [1.82, 2.24) is 4.98 Å². The third-order valence-corrected chi connectivity index (χ3v) is 1.59. The number of rotatable bonds is 2. The molecule has 0 amide bonds. The van der Waals surface area contributed by atoms with Gasteiger partial charge in [-0.3, -0.25) is 4.98 Å². The van der Waals surface area contributed by atoms with Crippen LogP contribution in [0.25, 0.3) is 6.08 Å². The topological polar surface area (TPSA) is 36.7 Å². The van der Waals surface area contributed by atoms with Gasteiger partial charge >= 0.3 is 0 Å². The summed E-state index contributed by atoms with van der Waals surface area (Å²) in [5.74, 6) is 0. The van der Waals surface area contributed by atoms with Gasteiger partial charge in [0.1, 0.15) is 0 Å². The lowest BCUT2D eigenvalue weighted by Crippen LogP contribution is -1.80. The Morgan fingerprint density at radius 2 is 2.50 bits per heavy atom. The Bertz CT molecular complexity index is 321. The summed E-state index contributed by atoms with van der Waals surface area (Å²) in [5, 5.41) is 8.30. The lowest BCUT2D eigenvalue weighted by Gasteiger charge is -1.95. The summed E-state index contributed by atoms with van der Waals surface area (Å²) >= 11 is 0. The number of hydrogen-bond donors (Lipinski definition) is 0. The van der Waals surface area contributed by atoms with Crippen molar-refractivity contribution < 1.29 is 0 Å². The highest BCUT2D eigenvalue weighted by Crippen LogP contribution is 2.06. The molecule has 0 spiro atoms. The predicted octanol–water partition coefficient (Wildman–Crippen LogP) is 2.32. The maximum Gasteiger partial charge on any atom is 0.0663 e. The molecule has 0 bridgehead atoms. The highest BCUT2D eigenvalue weighted by Gasteiger charge is 1.90. The SMILES string of the molecule is Cc1ccncc1C=CCC#N. The molecule has 60 valence electrons. The minimum Gasteiger partial charge on any atom is -0.264 e. The van der Waals surface area contributed by atoms with E-state index < -0.39 is 0 Å². The maximum absolute atomic E-state index is 8.30. The molecule has 1 heterocycles. The highest BCUT2D eigenvalue weighted by atomic mass is 14.6. The van der Waals surface area contributed by atoms with E-state index in [2.05, 4.69) is 11.1 Å². The molecule has 0 fully saturated rings. The Balaban J connectivity index is 2.77. The van der Waals surface area contributed by atoms with Gasteiger partial charge in [0.05, 0.1) is 12.5 Å². The summed E-state index contributed by atoms with van der Waals surface area (Å²) < 4.78 is 0. The van der Waals surface area contributed by atoms with Crippen molar-refractivity contribution in [2.75, 3.05) is 0 Å². The second-order valence-electron chi connectivity index (χ2n) is 2.50. The van der Waals surface area contributed by atoms with E-state index in [4.69, 9.17) is 5.26 Å². The van der Waals surface area contributed by atoms with Crippen molar-refractivity contribution >= 4 is 6.08 Å². The van der Waals surface area contributed by atoms with Crippen LogP contribution in [0.15, 0.2) is 24.5 Å². The zero-order chi connectivity index (χ0) is 8.81. The maximum atomic E-state index is 8.30. The van der Waals surface area contributed by atoms with Crippen molar-refractivity contribution in [3.63, 3.8) is 0 Å². The predicted molar refractivity (Wildman–Crippen MR) is 48.2 cm³/mol. The molecule has 12 heavy (non-hydrogen) atoms. The van der Waals surface area contributed by atoms with Crippen molar-refractivity contribution in [3.8, 4) is 6.07 Å². The third kappa shape index (κ3) is 2.21. The molecule has 0 unspecified atom stereocenters. The van der Waals surface area contributed by atoms with Gasteiger partial charge in [0.15, 0.2) is 0 Å². The summed E-state index contributed by atoms with van der Waals surface area (Å²) in [6.45, 7) is 2.02. The van der Waals surface area contributed by atoms with Crippen LogP contribution in [0, 0.1) is 18.3 Å². The summed E-state index contributed by atoms with van der Waals surface area (Å²) in [6, 6.07) is 4.00. The minimum absolute atomic E-state index is 0.453. The quantitative estimate of drug-likeness (QED) is 0.662. The van der Waals surface area contributed by atoms with E-state index in [0.717, 1.165) is 5.56 Å². The van der Waals surface area contributed by atoms with Crippen molar-refractivity contribution in [2.45, 2.75) is 13.3 Å². The van der Waals surface area contributed by atoms with E-state index in [1.807, 2.05) is 25.1 Å². The highest BCUT2D eigenvalue weighted by molar-refractivity contribution is 5.51. The van der Waals surface area contributed by atoms with Gasteiger partial charge in [0.25, 0.3) is 0 Å². The standard InChI is InChI=1S/C10H10N2/c1-9-5-7-12-8-10(9)4-2-3-6-11/h2,4-5,7-8H,3H2,1H3. The van der Waals surface area contributed by atoms with E-state index in [1.54, 1.807) is 12.4 Å². The fourth-order valence-electron chi connectivity index (χ4n) is 0.889. The van der Waals surface area contributed by atoms with Gasteiger partial charge in [-0.2, -0.15) is 5.26 Å². The molecule has 0 aliphatic carbocycles. The molecule has 2 heteroatoms. The fraction of sp³-hybridized carbons (Fsp3) is 0.200. The number of hydrogen-bond acceptors (Lipinski definition) is 2. The molecule has 0 atom stereocenters. The fourth-order valence-corrected chi connectivity index (χ4v) is 0.889. The number of nitriles is 1. The summed E-state index contributed by atoms with van der Waals surface area (Å²) in [4.78, 5) is 3.99. The minimum atomic E-state index is 0.453. The first-order valence-corrected chi connectivity index (χ1v) is 3.78. The smallest absolute Gasteiger partial charge is 0.0663 e. The van der Waals surface area contributed by atoms with Gasteiger partial charge in [0, 0.05) is 12.4 Å². The van der Waals surface area contributed by atoms with Crippen LogP contribution >= 0.6 is 0 Å². The lowest BCUT2D eigenvalue weighted by molar-refractivity contribution is 1.27. The average Bonchev–Trinajstić information content (AvgIpc) is 2.09. The molecular formula is C10H10N2. The number of aromatic nitrogens is 1. The summed E-state index contributed by atoms with van der Waals surface area (Å²) in [7, 11) is 0. The van der Waals surface area contributed by atoms with E-state index in [0.29, 0.717) is 6.42 Å². The van der Waals surface area contributed by atoms with Crippen molar-refractivity contribution in [2.24, 2.45) is 0 Å². The second-order valence-corrected chi connectivity index (χ2v) is 2.50. The van der Waals surface area contributed by atoms with Crippen LogP contribution in [-0.4, -0.2) is 4.98 Å². The Kier molecular flexibility index (Phi) is 3.04. The molecule has 0 saturated carbocycles. The molecule has 0 radical (unpaired) electrons. The molecule has 1 rings (SSSR count). The lowest BCUT2D eigenvalue weighted by atomic mass is 10.1. The first kappa shape index (κ1) is 8.48. The van der Waals surface area contributed by atoms with Crippen LogP contribution < -0.4 is 0 Å². The Morgan fingerprint density at radius 1 is 1.67 bits per heavy atom. The normalized spacial score (nSPS) is 10.0.